The van der Waals surface area contributed by atoms with E-state index in [0.717, 1.165) is 37.7 Å². The van der Waals surface area contributed by atoms with Gasteiger partial charge in [0, 0.05) is 25.6 Å². The molecule has 22 heavy (non-hydrogen) atoms. The lowest BCUT2D eigenvalue weighted by Gasteiger charge is -2.43. The van der Waals surface area contributed by atoms with Gasteiger partial charge >= 0.3 is 0 Å². The van der Waals surface area contributed by atoms with Crippen LogP contribution in [0.3, 0.4) is 0 Å². The van der Waals surface area contributed by atoms with Crippen LogP contribution in [0.1, 0.15) is 37.7 Å². The van der Waals surface area contributed by atoms with Crippen LogP contribution in [0.5, 0.6) is 0 Å². The molecule has 1 saturated heterocycles. The molecule has 3 rings (SSSR count). The molecule has 1 spiro atoms. The largest absolute Gasteiger partial charge is 0.381 e. The molecule has 1 aromatic carbocycles. The molecule has 0 unspecified atom stereocenters. The molecule has 1 saturated carbocycles. The standard InChI is InChI=1S/C17H25NO3S/c1-14-7-3-4-8-15(14)22(19,20)18-12-6-11-17(13-18)10-5-9-16(17)21-2/h3-4,7-8,16H,5-6,9-13H2,1-2H3/t16-,17+/m1/s1. The van der Waals surface area contributed by atoms with Crippen molar-refractivity contribution < 1.29 is 13.2 Å². The molecule has 1 aliphatic carbocycles. The predicted octanol–water partition coefficient (Wildman–Crippen LogP) is 2.96. The topological polar surface area (TPSA) is 46.6 Å². The second kappa shape index (κ2) is 5.95. The van der Waals surface area contributed by atoms with E-state index in [0.29, 0.717) is 18.0 Å². The van der Waals surface area contributed by atoms with Gasteiger partial charge in [0.1, 0.15) is 0 Å². The van der Waals surface area contributed by atoms with Gasteiger partial charge in [-0.1, -0.05) is 24.6 Å². The Kier molecular flexibility index (Phi) is 4.32. The number of hydrogen-bond acceptors (Lipinski definition) is 3. The van der Waals surface area contributed by atoms with Crippen molar-refractivity contribution in [2.45, 2.75) is 50.0 Å². The minimum atomic E-state index is -3.41. The minimum absolute atomic E-state index is 0.0166. The molecular weight excluding hydrogens is 298 g/mol. The molecule has 0 aromatic heterocycles. The van der Waals surface area contributed by atoms with Crippen LogP contribution in [0, 0.1) is 12.3 Å². The number of sulfonamides is 1. The zero-order chi connectivity index (χ0) is 15.8. The molecule has 0 bridgehead atoms. The number of piperidine rings is 1. The molecule has 5 heteroatoms. The molecule has 1 aliphatic heterocycles. The van der Waals surface area contributed by atoms with Gasteiger partial charge < -0.3 is 4.74 Å². The highest BCUT2D eigenvalue weighted by Gasteiger charge is 2.48. The van der Waals surface area contributed by atoms with E-state index in [9.17, 15) is 8.42 Å². The summed E-state index contributed by atoms with van der Waals surface area (Å²) < 4.78 is 33.4. The van der Waals surface area contributed by atoms with Gasteiger partial charge in [-0.2, -0.15) is 4.31 Å². The first-order valence-electron chi connectivity index (χ1n) is 8.08. The molecule has 0 amide bonds. The number of nitrogens with zero attached hydrogens (tertiary/aromatic N) is 1. The second-order valence-corrected chi connectivity index (χ2v) is 8.59. The molecule has 0 radical (unpaired) electrons. The molecule has 2 fully saturated rings. The van der Waals surface area contributed by atoms with Crippen LogP contribution >= 0.6 is 0 Å². The fourth-order valence-electron chi connectivity index (χ4n) is 4.25. The number of benzene rings is 1. The molecule has 4 nitrogen and oxygen atoms in total. The van der Waals surface area contributed by atoms with E-state index in [1.807, 2.05) is 19.1 Å². The van der Waals surface area contributed by atoms with Crippen LogP contribution in [-0.4, -0.2) is 39.0 Å². The zero-order valence-electron chi connectivity index (χ0n) is 13.4. The van der Waals surface area contributed by atoms with Gasteiger partial charge in [-0.25, -0.2) is 8.42 Å². The summed E-state index contributed by atoms with van der Waals surface area (Å²) in [4.78, 5) is 0.444. The lowest BCUT2D eigenvalue weighted by atomic mass is 9.77. The molecule has 1 heterocycles. The first-order valence-corrected chi connectivity index (χ1v) is 9.52. The second-order valence-electron chi connectivity index (χ2n) is 6.69. The Morgan fingerprint density at radius 2 is 1.95 bits per heavy atom. The normalized spacial score (nSPS) is 30.0. The maximum atomic E-state index is 13.0. The van der Waals surface area contributed by atoms with Crippen molar-refractivity contribution in [1.82, 2.24) is 4.31 Å². The Morgan fingerprint density at radius 3 is 2.68 bits per heavy atom. The number of rotatable bonds is 3. The van der Waals surface area contributed by atoms with Crippen molar-refractivity contribution >= 4 is 10.0 Å². The fourth-order valence-corrected chi connectivity index (χ4v) is 6.05. The van der Waals surface area contributed by atoms with E-state index in [-0.39, 0.29) is 11.5 Å². The van der Waals surface area contributed by atoms with Crippen molar-refractivity contribution in [3.63, 3.8) is 0 Å². The van der Waals surface area contributed by atoms with E-state index in [4.69, 9.17) is 4.74 Å². The van der Waals surface area contributed by atoms with E-state index < -0.39 is 10.0 Å². The summed E-state index contributed by atoms with van der Waals surface area (Å²) in [6.45, 7) is 3.08. The summed E-state index contributed by atoms with van der Waals surface area (Å²) in [5.74, 6) is 0. The van der Waals surface area contributed by atoms with Crippen molar-refractivity contribution in [2.75, 3.05) is 20.2 Å². The van der Waals surface area contributed by atoms with Crippen LogP contribution in [0.25, 0.3) is 0 Å². The van der Waals surface area contributed by atoms with Crippen LogP contribution in [-0.2, 0) is 14.8 Å². The molecule has 2 aliphatic rings. The Hall–Kier alpha value is -0.910. The lowest BCUT2D eigenvalue weighted by Crippen LogP contribution is -2.49. The van der Waals surface area contributed by atoms with E-state index in [2.05, 4.69) is 0 Å². The van der Waals surface area contributed by atoms with E-state index in [1.54, 1.807) is 23.5 Å². The Balaban J connectivity index is 1.90. The fraction of sp³-hybridized carbons (Fsp3) is 0.647. The average Bonchev–Trinajstić information content (AvgIpc) is 2.89. The maximum Gasteiger partial charge on any atom is 0.243 e. The number of aryl methyl sites for hydroxylation is 1. The third-order valence-electron chi connectivity index (χ3n) is 5.39. The SMILES string of the molecule is CO[C@@H]1CCC[C@@]12CCCN(S(=O)(=O)c1ccccc1C)C2. The Labute approximate surface area is 133 Å². The molecule has 2 atom stereocenters. The van der Waals surface area contributed by atoms with Crippen molar-refractivity contribution in [3.8, 4) is 0 Å². The van der Waals surface area contributed by atoms with E-state index >= 15 is 0 Å². The lowest BCUT2D eigenvalue weighted by molar-refractivity contribution is -0.0184. The summed E-state index contributed by atoms with van der Waals surface area (Å²) in [7, 11) is -1.65. The Morgan fingerprint density at radius 1 is 1.23 bits per heavy atom. The third kappa shape index (κ3) is 2.59. The van der Waals surface area contributed by atoms with Gasteiger partial charge in [0.15, 0.2) is 0 Å². The summed E-state index contributed by atoms with van der Waals surface area (Å²) in [6.07, 6.45) is 5.45. The maximum absolute atomic E-state index is 13.0. The first-order chi connectivity index (χ1) is 10.5. The van der Waals surface area contributed by atoms with Crippen molar-refractivity contribution in [2.24, 2.45) is 5.41 Å². The molecular formula is C17H25NO3S. The van der Waals surface area contributed by atoms with Gasteiger partial charge in [0.05, 0.1) is 11.0 Å². The monoisotopic (exact) mass is 323 g/mol. The minimum Gasteiger partial charge on any atom is -0.381 e. The first kappa shape index (κ1) is 16.0. The zero-order valence-corrected chi connectivity index (χ0v) is 14.2. The smallest absolute Gasteiger partial charge is 0.243 e. The average molecular weight is 323 g/mol. The van der Waals surface area contributed by atoms with Gasteiger partial charge in [-0.15, -0.1) is 0 Å². The van der Waals surface area contributed by atoms with Crippen molar-refractivity contribution in [3.05, 3.63) is 29.8 Å². The van der Waals surface area contributed by atoms with Crippen molar-refractivity contribution in [1.29, 1.82) is 0 Å². The molecule has 0 N–H and O–H groups in total. The van der Waals surface area contributed by atoms with Crippen LogP contribution in [0.2, 0.25) is 0 Å². The predicted molar refractivity (Wildman–Crippen MR) is 86.3 cm³/mol. The summed E-state index contributed by atoms with van der Waals surface area (Å²) in [5, 5.41) is 0. The van der Waals surface area contributed by atoms with Gasteiger partial charge in [0.25, 0.3) is 0 Å². The van der Waals surface area contributed by atoms with Crippen LogP contribution in [0.15, 0.2) is 29.2 Å². The quantitative estimate of drug-likeness (QED) is 0.859. The third-order valence-corrected chi connectivity index (χ3v) is 7.40. The number of hydrogen-bond donors (Lipinski definition) is 0. The Bertz CT molecular complexity index is 643. The summed E-state index contributed by atoms with van der Waals surface area (Å²) in [6, 6.07) is 7.26. The molecule has 122 valence electrons. The van der Waals surface area contributed by atoms with Crippen LogP contribution < -0.4 is 0 Å². The van der Waals surface area contributed by atoms with Gasteiger partial charge in [-0.05, 0) is 44.2 Å². The molecule has 1 aromatic rings. The van der Waals surface area contributed by atoms with Gasteiger partial charge in [0.2, 0.25) is 10.0 Å². The number of ether oxygens (including phenoxy) is 1. The highest BCUT2D eigenvalue weighted by atomic mass is 32.2. The van der Waals surface area contributed by atoms with Gasteiger partial charge in [-0.3, -0.25) is 0 Å². The van der Waals surface area contributed by atoms with Crippen LogP contribution in [0.4, 0.5) is 0 Å². The summed E-state index contributed by atoms with van der Waals surface area (Å²) in [5.41, 5.74) is 0.833. The van der Waals surface area contributed by atoms with E-state index in [1.165, 1.54) is 0 Å². The highest BCUT2D eigenvalue weighted by molar-refractivity contribution is 7.89. The highest BCUT2D eigenvalue weighted by Crippen LogP contribution is 2.47. The summed E-state index contributed by atoms with van der Waals surface area (Å²) >= 11 is 0. The number of methoxy groups -OCH3 is 1.